The summed E-state index contributed by atoms with van der Waals surface area (Å²) in [5.74, 6) is 0.668. The van der Waals surface area contributed by atoms with Gasteiger partial charge in [-0.25, -0.2) is 4.68 Å². The normalized spacial score (nSPS) is 17.1. The average Bonchev–Trinajstić information content (AvgIpc) is 3.07. The number of aromatic nitrogens is 3. The SMILES string of the molecule is CC(O)c1ccc(-n2ccc(C3CC3)n2)cn1. The van der Waals surface area contributed by atoms with Gasteiger partial charge in [0.05, 0.1) is 29.4 Å². The Morgan fingerprint density at radius 2 is 2.18 bits per heavy atom. The highest BCUT2D eigenvalue weighted by atomic mass is 16.3. The Kier molecular flexibility index (Phi) is 2.44. The van der Waals surface area contributed by atoms with Crippen LogP contribution in [0.1, 0.15) is 43.2 Å². The summed E-state index contributed by atoms with van der Waals surface area (Å²) >= 11 is 0. The predicted molar refractivity (Wildman–Crippen MR) is 64.0 cm³/mol. The highest BCUT2D eigenvalue weighted by Gasteiger charge is 2.25. The van der Waals surface area contributed by atoms with Gasteiger partial charge in [0.1, 0.15) is 0 Å². The Balaban J connectivity index is 1.86. The quantitative estimate of drug-likeness (QED) is 0.877. The maximum Gasteiger partial charge on any atom is 0.0931 e. The van der Waals surface area contributed by atoms with Gasteiger partial charge in [0.2, 0.25) is 0 Å². The molecule has 2 heterocycles. The van der Waals surface area contributed by atoms with Crippen molar-refractivity contribution in [2.45, 2.75) is 31.8 Å². The minimum Gasteiger partial charge on any atom is -0.387 e. The molecule has 0 radical (unpaired) electrons. The van der Waals surface area contributed by atoms with E-state index in [0.717, 1.165) is 5.69 Å². The number of pyridine rings is 1. The van der Waals surface area contributed by atoms with Crippen LogP contribution < -0.4 is 0 Å². The van der Waals surface area contributed by atoms with E-state index in [1.807, 2.05) is 23.0 Å². The molecule has 1 saturated carbocycles. The van der Waals surface area contributed by atoms with Gasteiger partial charge in [-0.05, 0) is 38.0 Å². The first-order valence-corrected chi connectivity index (χ1v) is 5.94. The average molecular weight is 229 g/mol. The van der Waals surface area contributed by atoms with Crippen molar-refractivity contribution in [2.75, 3.05) is 0 Å². The standard InChI is InChI=1S/C13H15N3O/c1-9(17)12-5-4-11(8-14-12)16-7-6-13(15-16)10-2-3-10/h4-10,17H,2-3H2,1H3. The molecular weight excluding hydrogens is 214 g/mol. The second kappa shape index (κ2) is 3.96. The van der Waals surface area contributed by atoms with Crippen molar-refractivity contribution >= 4 is 0 Å². The van der Waals surface area contributed by atoms with Gasteiger partial charge in [-0.2, -0.15) is 5.10 Å². The van der Waals surface area contributed by atoms with Crippen LogP contribution in [-0.4, -0.2) is 19.9 Å². The molecule has 0 bridgehead atoms. The monoisotopic (exact) mass is 229 g/mol. The van der Waals surface area contributed by atoms with Crippen molar-refractivity contribution in [3.63, 3.8) is 0 Å². The van der Waals surface area contributed by atoms with Crippen LogP contribution in [0.3, 0.4) is 0 Å². The first-order chi connectivity index (χ1) is 8.24. The zero-order valence-electron chi connectivity index (χ0n) is 9.74. The highest BCUT2D eigenvalue weighted by molar-refractivity contribution is 5.30. The molecule has 0 spiro atoms. The van der Waals surface area contributed by atoms with Crippen LogP contribution in [-0.2, 0) is 0 Å². The van der Waals surface area contributed by atoms with Crippen molar-refractivity contribution in [1.29, 1.82) is 0 Å². The fourth-order valence-electron chi connectivity index (χ4n) is 1.86. The first kappa shape index (κ1) is 10.5. The molecule has 2 aromatic rings. The summed E-state index contributed by atoms with van der Waals surface area (Å²) in [5, 5.41) is 13.9. The van der Waals surface area contributed by atoms with Crippen molar-refractivity contribution < 1.29 is 5.11 Å². The van der Waals surface area contributed by atoms with Gasteiger partial charge in [-0.3, -0.25) is 4.98 Å². The molecule has 4 nitrogen and oxygen atoms in total. The van der Waals surface area contributed by atoms with E-state index in [4.69, 9.17) is 0 Å². The van der Waals surface area contributed by atoms with E-state index in [0.29, 0.717) is 11.6 Å². The van der Waals surface area contributed by atoms with Crippen molar-refractivity contribution in [3.05, 3.63) is 42.0 Å². The zero-order valence-corrected chi connectivity index (χ0v) is 9.74. The molecule has 2 aromatic heterocycles. The lowest BCUT2D eigenvalue weighted by atomic mass is 10.2. The number of aliphatic hydroxyl groups is 1. The third-order valence-electron chi connectivity index (χ3n) is 3.07. The summed E-state index contributed by atoms with van der Waals surface area (Å²) in [4.78, 5) is 4.21. The molecule has 1 unspecified atom stereocenters. The van der Waals surface area contributed by atoms with E-state index in [-0.39, 0.29) is 0 Å². The van der Waals surface area contributed by atoms with Gasteiger partial charge in [0, 0.05) is 12.1 Å². The molecule has 0 saturated heterocycles. The van der Waals surface area contributed by atoms with Crippen molar-refractivity contribution in [3.8, 4) is 5.69 Å². The van der Waals surface area contributed by atoms with Crippen LogP contribution in [0.25, 0.3) is 5.69 Å². The summed E-state index contributed by atoms with van der Waals surface area (Å²) in [6.45, 7) is 1.71. The van der Waals surface area contributed by atoms with Crippen LogP contribution >= 0.6 is 0 Å². The fraction of sp³-hybridized carbons (Fsp3) is 0.385. The molecule has 0 amide bonds. The minimum absolute atomic E-state index is 0.524. The highest BCUT2D eigenvalue weighted by Crippen LogP contribution is 2.38. The molecule has 1 aliphatic carbocycles. The molecule has 0 aliphatic heterocycles. The van der Waals surface area contributed by atoms with E-state index < -0.39 is 6.10 Å². The van der Waals surface area contributed by atoms with E-state index >= 15 is 0 Å². The lowest BCUT2D eigenvalue weighted by Gasteiger charge is -2.05. The number of aliphatic hydroxyl groups excluding tert-OH is 1. The number of rotatable bonds is 3. The second-order valence-corrected chi connectivity index (χ2v) is 4.58. The molecule has 1 fully saturated rings. The van der Waals surface area contributed by atoms with Crippen LogP contribution in [0.4, 0.5) is 0 Å². The Morgan fingerprint density at radius 1 is 1.35 bits per heavy atom. The van der Waals surface area contributed by atoms with Gasteiger partial charge in [-0.1, -0.05) is 0 Å². The summed E-state index contributed by atoms with van der Waals surface area (Å²) in [5.41, 5.74) is 2.79. The molecule has 3 rings (SSSR count). The molecular formula is C13H15N3O. The number of hydrogen-bond donors (Lipinski definition) is 1. The third-order valence-corrected chi connectivity index (χ3v) is 3.07. The summed E-state index contributed by atoms with van der Waals surface area (Å²) < 4.78 is 1.84. The molecule has 1 atom stereocenters. The largest absolute Gasteiger partial charge is 0.387 e. The lowest BCUT2D eigenvalue weighted by molar-refractivity contribution is 0.194. The van der Waals surface area contributed by atoms with Crippen molar-refractivity contribution in [2.24, 2.45) is 0 Å². The summed E-state index contributed by atoms with van der Waals surface area (Å²) in [7, 11) is 0. The van der Waals surface area contributed by atoms with E-state index in [9.17, 15) is 5.11 Å². The second-order valence-electron chi connectivity index (χ2n) is 4.58. The zero-order chi connectivity index (χ0) is 11.8. The molecule has 4 heteroatoms. The fourth-order valence-corrected chi connectivity index (χ4v) is 1.86. The molecule has 0 aromatic carbocycles. The maximum atomic E-state index is 9.39. The smallest absolute Gasteiger partial charge is 0.0931 e. The molecule has 17 heavy (non-hydrogen) atoms. The summed E-state index contributed by atoms with van der Waals surface area (Å²) in [6.07, 6.45) is 5.70. The van der Waals surface area contributed by atoms with Crippen LogP contribution in [0.15, 0.2) is 30.6 Å². The van der Waals surface area contributed by atoms with Crippen LogP contribution in [0, 0.1) is 0 Å². The maximum absolute atomic E-state index is 9.39. The lowest BCUT2D eigenvalue weighted by Crippen LogP contribution is -2.00. The Labute approximate surface area is 99.9 Å². The van der Waals surface area contributed by atoms with E-state index in [2.05, 4.69) is 16.1 Å². The van der Waals surface area contributed by atoms with E-state index in [1.165, 1.54) is 18.5 Å². The topological polar surface area (TPSA) is 50.9 Å². The molecule has 1 aliphatic rings. The number of nitrogens with zero attached hydrogens (tertiary/aromatic N) is 3. The van der Waals surface area contributed by atoms with E-state index in [1.54, 1.807) is 13.1 Å². The van der Waals surface area contributed by atoms with Crippen LogP contribution in [0.5, 0.6) is 0 Å². The predicted octanol–water partition coefficient (Wildman–Crippen LogP) is 2.20. The van der Waals surface area contributed by atoms with Gasteiger partial charge in [0.25, 0.3) is 0 Å². The Bertz CT molecular complexity index is 512. The van der Waals surface area contributed by atoms with Gasteiger partial charge in [0.15, 0.2) is 0 Å². The first-order valence-electron chi connectivity index (χ1n) is 5.94. The van der Waals surface area contributed by atoms with Gasteiger partial charge < -0.3 is 5.11 Å². The number of hydrogen-bond acceptors (Lipinski definition) is 3. The summed E-state index contributed by atoms with van der Waals surface area (Å²) in [6, 6.07) is 5.83. The Morgan fingerprint density at radius 3 is 2.76 bits per heavy atom. The minimum atomic E-state index is -0.524. The van der Waals surface area contributed by atoms with Crippen molar-refractivity contribution in [1.82, 2.24) is 14.8 Å². The van der Waals surface area contributed by atoms with Crippen LogP contribution in [0.2, 0.25) is 0 Å². The Hall–Kier alpha value is -1.68. The van der Waals surface area contributed by atoms with Gasteiger partial charge in [-0.15, -0.1) is 0 Å². The van der Waals surface area contributed by atoms with Gasteiger partial charge >= 0.3 is 0 Å². The molecule has 88 valence electrons. The third kappa shape index (κ3) is 2.08. The molecule has 1 N–H and O–H groups in total.